The molecule has 0 saturated carbocycles. The summed E-state index contributed by atoms with van der Waals surface area (Å²) in [6, 6.07) is 2.91. The molecule has 0 radical (unpaired) electrons. The van der Waals surface area contributed by atoms with Gasteiger partial charge in [-0.1, -0.05) is 34.9 Å². The van der Waals surface area contributed by atoms with E-state index in [2.05, 4.69) is 44.8 Å². The lowest BCUT2D eigenvalue weighted by Crippen LogP contribution is -2.49. The van der Waals surface area contributed by atoms with Crippen LogP contribution in [0.1, 0.15) is 76.4 Å². The number of hydrogen-bond acceptors (Lipinski definition) is 6. The van der Waals surface area contributed by atoms with E-state index in [1.54, 1.807) is 6.92 Å². The summed E-state index contributed by atoms with van der Waals surface area (Å²) in [5, 5.41) is 11.1. The third kappa shape index (κ3) is 8.59. The smallest absolute Gasteiger partial charge is 0.389 e. The van der Waals surface area contributed by atoms with Crippen molar-refractivity contribution in [3.05, 3.63) is 98.4 Å². The molecule has 2 unspecified atom stereocenters. The van der Waals surface area contributed by atoms with E-state index in [-0.39, 0.29) is 36.9 Å². The van der Waals surface area contributed by atoms with Gasteiger partial charge in [0.2, 0.25) is 5.79 Å². The second kappa shape index (κ2) is 14.3. The molecule has 1 aromatic carbocycles. The maximum Gasteiger partial charge on any atom is 0.419 e. The molecular formula is C37H43F4NO4S. The van der Waals surface area contributed by atoms with Crippen LogP contribution in [0.5, 0.6) is 0 Å². The Labute approximate surface area is 278 Å². The zero-order chi connectivity index (χ0) is 34.1. The first-order valence-corrected chi connectivity index (χ1v) is 16.8. The monoisotopic (exact) mass is 673 g/mol. The standard InChI is InChI=1S/C37H43F4NO4S/c1-21(2)8-7-9-22(3)12-28-13-23(4)17-36(45-28)18-27(29-16-32(43)24(5)14-33(29)46-36)19-44-20-34-25(6)42-35(47-34)26-10-11-31(38)30(15-26)37(39,40)41/h8,10-12,14-15,17-18,28-29,32-33,43H,7,9,13,16,19-20H2,1-6H3/b22-12+/t28-,29?,32?,33-,36+/m1/s1. The first-order valence-electron chi connectivity index (χ1n) is 16.0. The number of aromatic nitrogens is 1. The van der Waals surface area contributed by atoms with E-state index < -0.39 is 29.4 Å². The molecule has 0 bridgehead atoms. The van der Waals surface area contributed by atoms with Gasteiger partial charge in [0.25, 0.3) is 0 Å². The van der Waals surface area contributed by atoms with Crippen LogP contribution in [0.3, 0.4) is 0 Å². The lowest BCUT2D eigenvalue weighted by Gasteiger charge is -2.46. The normalized spacial score (nSPS) is 26.4. The zero-order valence-corrected chi connectivity index (χ0v) is 28.5. The summed E-state index contributed by atoms with van der Waals surface area (Å²) in [5.74, 6) is -2.52. The molecule has 5 atom stereocenters. The number of thiazole rings is 1. The topological polar surface area (TPSA) is 60.8 Å². The molecule has 1 N–H and O–H groups in total. The van der Waals surface area contributed by atoms with Crippen LogP contribution in [0.2, 0.25) is 0 Å². The van der Waals surface area contributed by atoms with Gasteiger partial charge < -0.3 is 19.3 Å². The molecule has 1 spiro atoms. The summed E-state index contributed by atoms with van der Waals surface area (Å²) in [4.78, 5) is 5.21. The van der Waals surface area contributed by atoms with E-state index in [4.69, 9.17) is 14.2 Å². The summed E-state index contributed by atoms with van der Waals surface area (Å²) in [6.45, 7) is 12.5. The van der Waals surface area contributed by atoms with Gasteiger partial charge in [0.1, 0.15) is 10.8 Å². The molecule has 2 aromatic rings. The van der Waals surface area contributed by atoms with Crippen LogP contribution in [0.15, 0.2) is 76.4 Å². The van der Waals surface area contributed by atoms with E-state index in [9.17, 15) is 22.7 Å². The number of alkyl halides is 3. The highest BCUT2D eigenvalue weighted by atomic mass is 32.1. The number of rotatable bonds is 9. The number of nitrogens with zero attached hydrogens (tertiary/aromatic N) is 1. The Morgan fingerprint density at radius 2 is 1.89 bits per heavy atom. The molecular weight excluding hydrogens is 630 g/mol. The minimum Gasteiger partial charge on any atom is -0.389 e. The molecule has 2 aliphatic heterocycles. The number of aliphatic hydroxyl groups is 1. The Balaban J connectivity index is 1.35. The molecule has 0 fully saturated rings. The van der Waals surface area contributed by atoms with E-state index in [0.717, 1.165) is 53.0 Å². The third-order valence-electron chi connectivity index (χ3n) is 8.79. The Morgan fingerprint density at radius 3 is 2.62 bits per heavy atom. The Morgan fingerprint density at radius 1 is 1.13 bits per heavy atom. The Kier molecular flexibility index (Phi) is 10.8. The van der Waals surface area contributed by atoms with Gasteiger partial charge in [-0.2, -0.15) is 13.2 Å². The molecule has 3 aliphatic rings. The van der Waals surface area contributed by atoms with E-state index in [1.807, 2.05) is 25.2 Å². The van der Waals surface area contributed by atoms with Gasteiger partial charge >= 0.3 is 6.18 Å². The molecule has 5 nitrogen and oxygen atoms in total. The highest BCUT2D eigenvalue weighted by Crippen LogP contribution is 2.44. The summed E-state index contributed by atoms with van der Waals surface area (Å²) in [6.07, 6.45) is 7.71. The summed E-state index contributed by atoms with van der Waals surface area (Å²) < 4.78 is 73.4. The van der Waals surface area contributed by atoms with Crippen molar-refractivity contribution >= 4 is 11.3 Å². The second-order valence-electron chi connectivity index (χ2n) is 13.2. The summed E-state index contributed by atoms with van der Waals surface area (Å²) >= 11 is 1.22. The van der Waals surface area contributed by atoms with E-state index in [1.165, 1.54) is 28.5 Å². The van der Waals surface area contributed by atoms with Crippen LogP contribution < -0.4 is 0 Å². The number of allylic oxidation sites excluding steroid dienone is 3. The molecule has 3 heterocycles. The van der Waals surface area contributed by atoms with Crippen LogP contribution in [0.4, 0.5) is 17.6 Å². The number of hydrogen-bond donors (Lipinski definition) is 1. The first kappa shape index (κ1) is 35.4. The number of aliphatic hydroxyl groups excluding tert-OH is 1. The highest BCUT2D eigenvalue weighted by Gasteiger charge is 2.45. The van der Waals surface area contributed by atoms with Gasteiger partial charge in [0, 0.05) is 11.5 Å². The largest absolute Gasteiger partial charge is 0.419 e. The van der Waals surface area contributed by atoms with Crippen molar-refractivity contribution in [2.45, 2.75) is 104 Å². The van der Waals surface area contributed by atoms with E-state index >= 15 is 0 Å². The highest BCUT2D eigenvalue weighted by molar-refractivity contribution is 7.15. The molecule has 47 heavy (non-hydrogen) atoms. The van der Waals surface area contributed by atoms with Crippen molar-refractivity contribution in [2.24, 2.45) is 5.92 Å². The lowest BCUT2D eigenvalue weighted by molar-refractivity contribution is -0.226. The average molecular weight is 674 g/mol. The fourth-order valence-electron chi connectivity index (χ4n) is 6.36. The van der Waals surface area contributed by atoms with Crippen molar-refractivity contribution in [3.8, 4) is 10.6 Å². The summed E-state index contributed by atoms with van der Waals surface area (Å²) in [7, 11) is 0. The number of benzene rings is 1. The lowest BCUT2D eigenvalue weighted by atomic mass is 9.78. The van der Waals surface area contributed by atoms with Crippen LogP contribution in [0.25, 0.3) is 10.6 Å². The van der Waals surface area contributed by atoms with Crippen molar-refractivity contribution in [1.29, 1.82) is 0 Å². The molecule has 1 aliphatic carbocycles. The maximum absolute atomic E-state index is 13.9. The molecule has 254 valence electrons. The number of halogens is 4. The number of ether oxygens (including phenoxy) is 3. The molecule has 0 saturated heterocycles. The van der Waals surface area contributed by atoms with Crippen molar-refractivity contribution in [1.82, 2.24) is 4.98 Å². The van der Waals surface area contributed by atoms with Crippen molar-refractivity contribution in [2.75, 3.05) is 6.61 Å². The van der Waals surface area contributed by atoms with Crippen LogP contribution in [-0.4, -0.2) is 40.8 Å². The van der Waals surface area contributed by atoms with Gasteiger partial charge in [-0.25, -0.2) is 9.37 Å². The van der Waals surface area contributed by atoms with Gasteiger partial charge in [0.05, 0.1) is 47.7 Å². The minimum absolute atomic E-state index is 0.114. The van der Waals surface area contributed by atoms with Gasteiger partial charge in [-0.15, -0.1) is 11.3 Å². The second-order valence-corrected chi connectivity index (χ2v) is 14.3. The number of aryl methyl sites for hydroxylation is 1. The Bertz CT molecular complexity index is 1630. The summed E-state index contributed by atoms with van der Waals surface area (Å²) in [5.41, 5.74) is 5.03. The maximum atomic E-state index is 13.9. The first-order chi connectivity index (χ1) is 22.1. The fourth-order valence-corrected chi connectivity index (χ4v) is 7.36. The van der Waals surface area contributed by atoms with Gasteiger partial charge in [0.15, 0.2) is 0 Å². The van der Waals surface area contributed by atoms with Gasteiger partial charge in [-0.3, -0.25) is 0 Å². The molecule has 5 rings (SSSR count). The van der Waals surface area contributed by atoms with Crippen molar-refractivity contribution in [3.63, 3.8) is 0 Å². The van der Waals surface area contributed by atoms with Crippen LogP contribution in [-0.2, 0) is 27.0 Å². The zero-order valence-electron chi connectivity index (χ0n) is 27.7. The van der Waals surface area contributed by atoms with Crippen LogP contribution in [0, 0.1) is 18.7 Å². The SMILES string of the molecule is CC(C)=CCC/C(C)=C/[C@@H]1CC(C)=C[C@]2(C=C(COCc3sc(-c4ccc(F)c(C(F)(F)F)c4)nc3C)C3CC(O)C(C)=C[C@H]3O2)O1. The predicted octanol–water partition coefficient (Wildman–Crippen LogP) is 9.57. The van der Waals surface area contributed by atoms with Crippen LogP contribution >= 0.6 is 11.3 Å². The quantitative estimate of drug-likeness (QED) is 0.212. The molecule has 10 heteroatoms. The molecule has 0 amide bonds. The predicted molar refractivity (Wildman–Crippen MR) is 176 cm³/mol. The van der Waals surface area contributed by atoms with Gasteiger partial charge in [-0.05, 0) is 109 Å². The Hall–Kier alpha value is -2.89. The molecule has 1 aromatic heterocycles. The average Bonchev–Trinajstić information content (AvgIpc) is 3.33. The number of fused-ring (bicyclic) bond motifs is 1. The fraction of sp³-hybridized carbons (Fsp3) is 0.486. The minimum atomic E-state index is -4.80. The third-order valence-corrected chi connectivity index (χ3v) is 9.97. The van der Waals surface area contributed by atoms with Crippen molar-refractivity contribution < 1.29 is 36.9 Å². The van der Waals surface area contributed by atoms with E-state index in [0.29, 0.717) is 17.1 Å².